The third kappa shape index (κ3) is 6.27. The standard InChI is InChI=1S/C27H35N3O5S/c1-7-29(8-2)15-16-30(27-28-25-20(35-9-3)11-10-12-23(25)36-27)24(31)14-13-19-17-21(32-4)26(34-6)22(18-19)33-5/h10-14,17-18H,7-9,15-16H2,1-6H3/b14-13+. The zero-order valence-electron chi connectivity index (χ0n) is 21.9. The van der Waals surface area contributed by atoms with Gasteiger partial charge in [0.1, 0.15) is 11.3 Å². The van der Waals surface area contributed by atoms with Crippen LogP contribution in [0.2, 0.25) is 0 Å². The topological polar surface area (TPSA) is 73.4 Å². The smallest absolute Gasteiger partial charge is 0.252 e. The summed E-state index contributed by atoms with van der Waals surface area (Å²) < 4.78 is 23.0. The van der Waals surface area contributed by atoms with Crippen molar-refractivity contribution in [2.45, 2.75) is 20.8 Å². The number of hydrogen-bond donors (Lipinski definition) is 0. The molecule has 1 heterocycles. The average molecular weight is 514 g/mol. The molecular weight excluding hydrogens is 478 g/mol. The van der Waals surface area contributed by atoms with Crippen molar-refractivity contribution in [1.82, 2.24) is 9.88 Å². The molecule has 0 aliphatic carbocycles. The highest BCUT2D eigenvalue weighted by Gasteiger charge is 2.20. The molecule has 0 N–H and O–H groups in total. The molecule has 2 aromatic carbocycles. The van der Waals surface area contributed by atoms with Gasteiger partial charge in [-0.3, -0.25) is 9.69 Å². The summed E-state index contributed by atoms with van der Waals surface area (Å²) in [5.41, 5.74) is 1.53. The molecule has 0 unspecified atom stereocenters. The van der Waals surface area contributed by atoms with Gasteiger partial charge in [-0.2, -0.15) is 0 Å². The number of aromatic nitrogens is 1. The van der Waals surface area contributed by atoms with E-state index in [9.17, 15) is 4.79 Å². The molecule has 1 amide bonds. The number of anilines is 1. The molecule has 0 saturated carbocycles. The van der Waals surface area contributed by atoms with Gasteiger partial charge in [0.2, 0.25) is 5.75 Å². The third-order valence-corrected chi connectivity index (χ3v) is 6.85. The molecule has 0 radical (unpaired) electrons. The van der Waals surface area contributed by atoms with Crippen LogP contribution in [0, 0.1) is 0 Å². The maximum atomic E-state index is 13.5. The van der Waals surface area contributed by atoms with Crippen molar-refractivity contribution in [2.75, 3.05) is 59.0 Å². The first-order chi connectivity index (χ1) is 17.5. The second kappa shape index (κ2) is 13.1. The SMILES string of the molecule is CCOc1cccc2sc(N(CCN(CC)CC)C(=O)/C=C/c3cc(OC)c(OC)c(OC)c3)nc12. The number of benzene rings is 2. The Labute approximate surface area is 217 Å². The minimum atomic E-state index is -0.159. The number of para-hydroxylation sites is 1. The predicted octanol–water partition coefficient (Wildman–Crippen LogP) is 5.11. The lowest BCUT2D eigenvalue weighted by atomic mass is 10.1. The lowest BCUT2D eigenvalue weighted by Gasteiger charge is -2.23. The van der Waals surface area contributed by atoms with Crippen molar-refractivity contribution in [2.24, 2.45) is 0 Å². The number of carbonyl (C=O) groups is 1. The van der Waals surface area contributed by atoms with E-state index in [2.05, 4.69) is 18.7 Å². The predicted molar refractivity (Wildman–Crippen MR) is 146 cm³/mol. The summed E-state index contributed by atoms with van der Waals surface area (Å²) in [5.74, 6) is 2.12. The first kappa shape index (κ1) is 27.3. The van der Waals surface area contributed by atoms with Gasteiger partial charge in [0.05, 0.1) is 32.6 Å². The van der Waals surface area contributed by atoms with E-state index in [0.29, 0.717) is 35.5 Å². The highest BCUT2D eigenvalue weighted by molar-refractivity contribution is 7.22. The Morgan fingerprint density at radius 3 is 2.25 bits per heavy atom. The van der Waals surface area contributed by atoms with Crippen LogP contribution in [-0.4, -0.2) is 69.9 Å². The molecular formula is C27H35N3O5S. The van der Waals surface area contributed by atoms with Gasteiger partial charge in [-0.1, -0.05) is 31.3 Å². The molecule has 0 bridgehead atoms. The van der Waals surface area contributed by atoms with E-state index in [4.69, 9.17) is 23.9 Å². The second-order valence-corrected chi connectivity index (χ2v) is 8.85. The number of hydrogen-bond acceptors (Lipinski definition) is 8. The van der Waals surface area contributed by atoms with Crippen LogP contribution in [0.3, 0.4) is 0 Å². The van der Waals surface area contributed by atoms with E-state index in [1.54, 1.807) is 50.5 Å². The number of carbonyl (C=O) groups excluding carboxylic acids is 1. The van der Waals surface area contributed by atoms with E-state index in [-0.39, 0.29) is 5.91 Å². The van der Waals surface area contributed by atoms with E-state index >= 15 is 0 Å². The number of thiazole rings is 1. The van der Waals surface area contributed by atoms with Crippen LogP contribution in [0.4, 0.5) is 5.13 Å². The quantitative estimate of drug-likeness (QED) is 0.294. The van der Waals surface area contributed by atoms with Crippen molar-refractivity contribution >= 4 is 38.7 Å². The Hall–Kier alpha value is -3.30. The largest absolute Gasteiger partial charge is 0.493 e. The lowest BCUT2D eigenvalue weighted by Crippen LogP contribution is -2.38. The van der Waals surface area contributed by atoms with Gasteiger partial charge in [0.15, 0.2) is 16.6 Å². The van der Waals surface area contributed by atoms with E-state index in [0.717, 1.165) is 41.2 Å². The molecule has 0 fully saturated rings. The maximum absolute atomic E-state index is 13.5. The van der Waals surface area contributed by atoms with Crippen molar-refractivity contribution in [3.05, 3.63) is 42.0 Å². The fraction of sp³-hybridized carbons (Fsp3) is 0.407. The van der Waals surface area contributed by atoms with Gasteiger partial charge in [-0.15, -0.1) is 0 Å². The van der Waals surface area contributed by atoms with Crippen LogP contribution in [0.15, 0.2) is 36.4 Å². The normalized spacial score (nSPS) is 11.3. The Morgan fingerprint density at radius 2 is 1.67 bits per heavy atom. The van der Waals surface area contributed by atoms with Gasteiger partial charge in [-0.05, 0) is 55.9 Å². The minimum Gasteiger partial charge on any atom is -0.493 e. The molecule has 3 aromatic rings. The van der Waals surface area contributed by atoms with Gasteiger partial charge in [0, 0.05) is 19.2 Å². The van der Waals surface area contributed by atoms with Gasteiger partial charge in [0.25, 0.3) is 5.91 Å². The Bertz CT molecular complexity index is 1160. The fourth-order valence-electron chi connectivity index (χ4n) is 3.84. The Kier molecular flexibility index (Phi) is 9.95. The second-order valence-electron chi connectivity index (χ2n) is 7.84. The zero-order chi connectivity index (χ0) is 26.1. The van der Waals surface area contributed by atoms with Gasteiger partial charge in [-0.25, -0.2) is 4.98 Å². The first-order valence-electron chi connectivity index (χ1n) is 12.0. The number of amides is 1. The molecule has 194 valence electrons. The molecule has 3 rings (SSSR count). The van der Waals surface area contributed by atoms with E-state index in [1.165, 1.54) is 11.3 Å². The number of rotatable bonds is 13. The molecule has 0 atom stereocenters. The number of likely N-dealkylation sites (N-methyl/N-ethyl adjacent to an activating group) is 1. The average Bonchev–Trinajstić information content (AvgIpc) is 3.34. The molecule has 36 heavy (non-hydrogen) atoms. The summed E-state index contributed by atoms with van der Waals surface area (Å²) >= 11 is 1.48. The Balaban J connectivity index is 1.95. The van der Waals surface area contributed by atoms with Crippen molar-refractivity contribution in [3.8, 4) is 23.0 Å². The summed E-state index contributed by atoms with van der Waals surface area (Å²) in [4.78, 5) is 22.3. The Morgan fingerprint density at radius 1 is 0.972 bits per heavy atom. The molecule has 0 aliphatic heterocycles. The van der Waals surface area contributed by atoms with Crippen LogP contribution in [-0.2, 0) is 4.79 Å². The number of fused-ring (bicyclic) bond motifs is 1. The third-order valence-electron chi connectivity index (χ3n) is 5.81. The van der Waals surface area contributed by atoms with Crippen molar-refractivity contribution in [3.63, 3.8) is 0 Å². The molecule has 0 saturated heterocycles. The molecule has 1 aromatic heterocycles. The molecule has 0 aliphatic rings. The lowest BCUT2D eigenvalue weighted by molar-refractivity contribution is -0.114. The summed E-state index contributed by atoms with van der Waals surface area (Å²) in [7, 11) is 4.69. The summed E-state index contributed by atoms with van der Waals surface area (Å²) in [5, 5.41) is 0.642. The van der Waals surface area contributed by atoms with Gasteiger partial charge >= 0.3 is 0 Å². The van der Waals surface area contributed by atoms with Crippen LogP contribution in [0.25, 0.3) is 16.3 Å². The van der Waals surface area contributed by atoms with Crippen LogP contribution >= 0.6 is 11.3 Å². The van der Waals surface area contributed by atoms with Gasteiger partial charge < -0.3 is 23.8 Å². The summed E-state index contributed by atoms with van der Waals surface area (Å²) in [6.45, 7) is 9.81. The first-order valence-corrected chi connectivity index (χ1v) is 12.8. The maximum Gasteiger partial charge on any atom is 0.252 e. The summed E-state index contributed by atoms with van der Waals surface area (Å²) in [6, 6.07) is 9.45. The monoisotopic (exact) mass is 513 g/mol. The van der Waals surface area contributed by atoms with Crippen molar-refractivity contribution < 1.29 is 23.7 Å². The van der Waals surface area contributed by atoms with Crippen molar-refractivity contribution in [1.29, 1.82) is 0 Å². The zero-order valence-corrected chi connectivity index (χ0v) is 22.7. The van der Waals surface area contributed by atoms with E-state index in [1.807, 2.05) is 25.1 Å². The summed E-state index contributed by atoms with van der Waals surface area (Å²) in [6.07, 6.45) is 3.30. The molecule has 8 nitrogen and oxygen atoms in total. The van der Waals surface area contributed by atoms with Crippen LogP contribution in [0.1, 0.15) is 26.3 Å². The minimum absolute atomic E-state index is 0.159. The van der Waals surface area contributed by atoms with Crippen LogP contribution < -0.4 is 23.8 Å². The fourth-order valence-corrected chi connectivity index (χ4v) is 4.85. The highest BCUT2D eigenvalue weighted by atomic mass is 32.1. The van der Waals surface area contributed by atoms with E-state index < -0.39 is 0 Å². The number of nitrogens with zero attached hydrogens (tertiary/aromatic N) is 3. The molecule has 0 spiro atoms. The number of methoxy groups -OCH3 is 3. The number of ether oxygens (including phenoxy) is 4. The highest BCUT2D eigenvalue weighted by Crippen LogP contribution is 2.39. The molecule has 9 heteroatoms. The van der Waals surface area contributed by atoms with Crippen LogP contribution in [0.5, 0.6) is 23.0 Å².